The number of aromatic nitrogens is 5. The molecular formula is C29H22F2N8O2. The summed E-state index contributed by atoms with van der Waals surface area (Å²) in [5.41, 5.74) is 1.89. The summed E-state index contributed by atoms with van der Waals surface area (Å²) in [6.07, 6.45) is 5.73. The minimum Gasteiger partial charge on any atom is -0.467 e. The van der Waals surface area contributed by atoms with E-state index in [-0.39, 0.29) is 30.3 Å². The van der Waals surface area contributed by atoms with Crippen LogP contribution in [0.4, 0.5) is 14.6 Å². The van der Waals surface area contributed by atoms with Crippen LogP contribution in [0.2, 0.25) is 0 Å². The van der Waals surface area contributed by atoms with Crippen molar-refractivity contribution in [2.75, 3.05) is 38.2 Å². The monoisotopic (exact) mass is 552 g/mol. The van der Waals surface area contributed by atoms with E-state index in [4.69, 9.17) is 4.74 Å². The van der Waals surface area contributed by atoms with Gasteiger partial charge in [0.15, 0.2) is 11.6 Å². The van der Waals surface area contributed by atoms with E-state index >= 15 is 4.39 Å². The van der Waals surface area contributed by atoms with Gasteiger partial charge in [-0.3, -0.25) is 14.8 Å². The molecule has 0 bridgehead atoms. The van der Waals surface area contributed by atoms with Gasteiger partial charge >= 0.3 is 6.01 Å². The van der Waals surface area contributed by atoms with Crippen molar-refractivity contribution in [2.45, 2.75) is 0 Å². The topological polar surface area (TPSA) is 124 Å². The van der Waals surface area contributed by atoms with E-state index in [1.807, 2.05) is 4.90 Å². The summed E-state index contributed by atoms with van der Waals surface area (Å²) in [6, 6.07) is 12.3. The maximum atomic E-state index is 16.1. The first-order valence-electron chi connectivity index (χ1n) is 12.7. The highest BCUT2D eigenvalue weighted by molar-refractivity contribution is 6.01. The predicted octanol–water partition coefficient (Wildman–Crippen LogP) is 4.25. The summed E-state index contributed by atoms with van der Waals surface area (Å²) in [5.74, 6) is -1.93. The number of hydrogen-bond donors (Lipinski definition) is 1. The maximum absolute atomic E-state index is 16.1. The molecule has 4 aromatic heterocycles. The first kappa shape index (κ1) is 25.8. The Labute approximate surface area is 232 Å². The van der Waals surface area contributed by atoms with Crippen LogP contribution in [0, 0.1) is 17.1 Å². The zero-order chi connectivity index (χ0) is 28.5. The fraction of sp³-hybridized carbons (Fsp3) is 0.172. The van der Waals surface area contributed by atoms with Gasteiger partial charge in [0.25, 0.3) is 5.91 Å². The molecule has 1 fully saturated rings. The highest BCUT2D eigenvalue weighted by atomic mass is 19.1. The van der Waals surface area contributed by atoms with Gasteiger partial charge in [-0.2, -0.15) is 15.2 Å². The predicted molar refractivity (Wildman–Crippen MR) is 148 cm³/mol. The first-order valence-corrected chi connectivity index (χ1v) is 12.7. The fourth-order valence-electron chi connectivity index (χ4n) is 4.93. The Hall–Kier alpha value is -5.44. The minimum atomic E-state index is -0.901. The maximum Gasteiger partial charge on any atom is 0.318 e. The van der Waals surface area contributed by atoms with Gasteiger partial charge < -0.3 is 19.5 Å². The third-order valence-electron chi connectivity index (χ3n) is 6.94. The molecule has 5 heterocycles. The number of nitrogens with zero attached hydrogens (tertiary/aromatic N) is 7. The molecule has 0 aliphatic carbocycles. The van der Waals surface area contributed by atoms with Crippen LogP contribution < -0.4 is 9.64 Å². The Kier molecular flexibility index (Phi) is 6.68. The standard InChI is InChI=1S/C29H22F2N8O2/c1-41-29-36-26-20(16-35-25(24(26)31)19-15-34-22-7-4-5-17(14-32)23(19)22)27(37-29)38-9-11-39(12-10-38)28(40)21(30)13-18-6-2-3-8-33-18/h2-8,13,15-16,34H,9-12H2,1H3/b21-13-. The van der Waals surface area contributed by atoms with Crippen LogP contribution >= 0.6 is 0 Å². The van der Waals surface area contributed by atoms with Crippen molar-refractivity contribution < 1.29 is 18.3 Å². The number of nitrogens with one attached hydrogen (secondary N) is 1. The molecule has 1 aliphatic rings. The van der Waals surface area contributed by atoms with Gasteiger partial charge in [0.1, 0.15) is 17.0 Å². The SMILES string of the molecule is COc1nc(N2CCN(C(=O)/C(F)=C/c3ccccn3)CC2)c2cnc(-c3c[nH]c4cccc(C#N)c34)c(F)c2n1. The molecule has 41 heavy (non-hydrogen) atoms. The highest BCUT2D eigenvalue weighted by Gasteiger charge is 2.28. The number of anilines is 1. The van der Waals surface area contributed by atoms with Gasteiger partial charge in [0, 0.05) is 67.3 Å². The lowest BCUT2D eigenvalue weighted by Crippen LogP contribution is -2.49. The summed E-state index contributed by atoms with van der Waals surface area (Å²) in [4.78, 5) is 36.2. The number of hydrogen-bond acceptors (Lipinski definition) is 8. The Balaban J connectivity index is 1.31. The van der Waals surface area contributed by atoms with Crippen molar-refractivity contribution in [1.29, 1.82) is 5.26 Å². The summed E-state index contributed by atoms with van der Waals surface area (Å²) in [6.45, 7) is 1.07. The Bertz CT molecular complexity index is 1860. The van der Waals surface area contributed by atoms with Crippen LogP contribution in [0.5, 0.6) is 6.01 Å². The molecule has 1 amide bonds. The number of methoxy groups -OCH3 is 1. The lowest BCUT2D eigenvalue weighted by molar-refractivity contribution is -0.128. The number of fused-ring (bicyclic) bond motifs is 2. The normalized spacial score (nSPS) is 14.0. The Morgan fingerprint density at radius 1 is 1.12 bits per heavy atom. The molecule has 6 rings (SSSR count). The molecule has 0 spiro atoms. The summed E-state index contributed by atoms with van der Waals surface area (Å²) in [7, 11) is 1.39. The third-order valence-corrected chi connectivity index (χ3v) is 6.94. The number of benzene rings is 1. The molecule has 1 aliphatic heterocycles. The number of H-pyrrole nitrogens is 1. The van der Waals surface area contributed by atoms with E-state index in [0.717, 1.165) is 6.08 Å². The van der Waals surface area contributed by atoms with Crippen molar-refractivity contribution in [3.8, 4) is 23.3 Å². The van der Waals surface area contributed by atoms with E-state index in [2.05, 4.69) is 31.0 Å². The number of pyridine rings is 2. The van der Waals surface area contributed by atoms with Crippen LogP contribution in [0.25, 0.3) is 39.1 Å². The first-order chi connectivity index (χ1) is 20.0. The summed E-state index contributed by atoms with van der Waals surface area (Å²) in [5, 5.41) is 10.5. The second-order valence-corrected chi connectivity index (χ2v) is 9.29. The van der Waals surface area contributed by atoms with Crippen LogP contribution in [0.3, 0.4) is 0 Å². The number of aromatic amines is 1. The zero-order valence-corrected chi connectivity index (χ0v) is 21.8. The van der Waals surface area contributed by atoms with Gasteiger partial charge in [-0.25, -0.2) is 8.78 Å². The molecule has 204 valence electrons. The molecule has 10 nitrogen and oxygen atoms in total. The van der Waals surface area contributed by atoms with Crippen LogP contribution in [-0.4, -0.2) is 69.0 Å². The van der Waals surface area contributed by atoms with Crippen molar-refractivity contribution in [1.82, 2.24) is 29.8 Å². The van der Waals surface area contributed by atoms with E-state index < -0.39 is 17.6 Å². The van der Waals surface area contributed by atoms with E-state index in [1.54, 1.807) is 42.6 Å². The molecule has 1 aromatic carbocycles. The number of carbonyl (C=O) groups is 1. The fourth-order valence-corrected chi connectivity index (χ4v) is 4.93. The van der Waals surface area contributed by atoms with E-state index in [0.29, 0.717) is 52.0 Å². The van der Waals surface area contributed by atoms with Crippen LogP contribution in [0.15, 0.2) is 60.8 Å². The average Bonchev–Trinajstić information content (AvgIpc) is 3.45. The smallest absolute Gasteiger partial charge is 0.318 e. The number of amides is 1. The third kappa shape index (κ3) is 4.67. The van der Waals surface area contributed by atoms with Crippen LogP contribution in [0.1, 0.15) is 11.3 Å². The minimum absolute atomic E-state index is 0.00323. The number of rotatable bonds is 5. The van der Waals surface area contributed by atoms with E-state index in [1.165, 1.54) is 24.4 Å². The lowest BCUT2D eigenvalue weighted by atomic mass is 10.0. The number of ether oxygens (including phenoxy) is 1. The van der Waals surface area contributed by atoms with Crippen molar-refractivity contribution in [2.24, 2.45) is 0 Å². The second-order valence-electron chi connectivity index (χ2n) is 9.29. The Morgan fingerprint density at radius 3 is 2.68 bits per heavy atom. The summed E-state index contributed by atoms with van der Waals surface area (Å²) < 4.78 is 36.0. The van der Waals surface area contributed by atoms with E-state index in [9.17, 15) is 14.4 Å². The molecule has 0 unspecified atom stereocenters. The molecule has 0 atom stereocenters. The lowest BCUT2D eigenvalue weighted by Gasteiger charge is -2.35. The van der Waals surface area contributed by atoms with Crippen LogP contribution in [-0.2, 0) is 4.79 Å². The quantitative estimate of drug-likeness (QED) is 0.321. The molecule has 1 N–H and O–H groups in total. The highest BCUT2D eigenvalue weighted by Crippen LogP contribution is 2.36. The average molecular weight is 553 g/mol. The van der Waals surface area contributed by atoms with Gasteiger partial charge in [0.2, 0.25) is 0 Å². The van der Waals surface area contributed by atoms with Crippen molar-refractivity contribution in [3.05, 3.63) is 77.9 Å². The van der Waals surface area contributed by atoms with Gasteiger partial charge in [-0.15, -0.1) is 0 Å². The Morgan fingerprint density at radius 2 is 1.95 bits per heavy atom. The largest absolute Gasteiger partial charge is 0.467 e. The van der Waals surface area contributed by atoms with Gasteiger partial charge in [-0.05, 0) is 24.3 Å². The number of carbonyl (C=O) groups excluding carboxylic acids is 1. The molecule has 1 saturated heterocycles. The number of halogens is 2. The van der Waals surface area contributed by atoms with Crippen molar-refractivity contribution in [3.63, 3.8) is 0 Å². The summed E-state index contributed by atoms with van der Waals surface area (Å²) >= 11 is 0. The number of nitriles is 1. The second kappa shape index (κ2) is 10.6. The molecular weight excluding hydrogens is 530 g/mol. The zero-order valence-electron chi connectivity index (χ0n) is 21.8. The number of piperazine rings is 1. The van der Waals surface area contributed by atoms with Gasteiger partial charge in [-0.1, -0.05) is 12.1 Å². The molecule has 5 aromatic rings. The molecule has 12 heteroatoms. The molecule has 0 radical (unpaired) electrons. The van der Waals surface area contributed by atoms with Gasteiger partial charge in [0.05, 0.1) is 29.8 Å². The van der Waals surface area contributed by atoms with Crippen molar-refractivity contribution >= 4 is 39.6 Å². The molecule has 0 saturated carbocycles.